The van der Waals surface area contributed by atoms with Crippen molar-refractivity contribution < 1.29 is 86.8 Å². The van der Waals surface area contributed by atoms with Gasteiger partial charge in [-0.15, -0.1) is 0 Å². The first-order valence-electron chi connectivity index (χ1n) is 20.9. The molecule has 4 amide bonds. The molecule has 0 saturated heterocycles. The molecule has 4 aromatic rings. The zero-order valence-corrected chi connectivity index (χ0v) is 38.6. The fraction of sp³-hybridized carbons (Fsp3) is 0.488. The predicted octanol–water partition coefficient (Wildman–Crippen LogP) is 8.11. The van der Waals surface area contributed by atoms with Crippen molar-refractivity contribution in [3.05, 3.63) is 83.8 Å². The number of carbonyl (C=O) groups excluding carboxylic acids is 3. The Hall–Kier alpha value is -6.58. The number of nitrogens with zero attached hydrogens (tertiary/aromatic N) is 5. The number of amides is 4. The molecule has 0 aliphatic carbocycles. The second kappa shape index (κ2) is 21.8. The van der Waals surface area contributed by atoms with Gasteiger partial charge in [0, 0.05) is 42.2 Å². The number of aromatic nitrogens is 4. The van der Waals surface area contributed by atoms with Gasteiger partial charge in [0.1, 0.15) is 29.3 Å². The zero-order chi connectivity index (χ0) is 53.8. The normalized spacial score (nSPS) is 14.5. The van der Waals surface area contributed by atoms with Gasteiger partial charge in [0.25, 0.3) is 5.91 Å². The molecule has 392 valence electrons. The zero-order valence-electron chi connectivity index (χ0n) is 38.6. The third kappa shape index (κ3) is 14.5. The van der Waals surface area contributed by atoms with Gasteiger partial charge in [0.15, 0.2) is 0 Å². The summed E-state index contributed by atoms with van der Waals surface area (Å²) in [5, 5.41) is 34.3. The minimum Gasteiger partial charge on any atom is -0.465 e. The van der Waals surface area contributed by atoms with Crippen LogP contribution in [-0.2, 0) is 27.3 Å². The van der Waals surface area contributed by atoms with Gasteiger partial charge in [-0.25, -0.2) is 32.7 Å². The van der Waals surface area contributed by atoms with Crippen molar-refractivity contribution in [1.29, 1.82) is 0 Å². The number of hydrazine groups is 1. The average Bonchev–Trinajstić information content (AvgIpc) is 3.93. The van der Waals surface area contributed by atoms with E-state index >= 15 is 8.78 Å². The third-order valence-electron chi connectivity index (χ3n) is 11.0. The highest BCUT2D eigenvalue weighted by atomic mass is 19.4. The van der Waals surface area contributed by atoms with Crippen molar-refractivity contribution in [1.82, 2.24) is 45.9 Å². The number of aliphatic hydroxyl groups is 1. The molecule has 28 heteroatoms. The molecule has 6 N–H and O–H groups in total. The topological polar surface area (TPSA) is 205 Å². The highest BCUT2D eigenvalue weighted by Crippen LogP contribution is 2.42. The summed E-state index contributed by atoms with van der Waals surface area (Å²) in [6, 6.07) is 0.444. The van der Waals surface area contributed by atoms with E-state index in [2.05, 4.69) is 15.5 Å². The predicted molar refractivity (Wildman–Crippen MR) is 226 cm³/mol. The van der Waals surface area contributed by atoms with Crippen LogP contribution in [0.2, 0.25) is 0 Å². The largest absolute Gasteiger partial charge is 0.465 e. The number of alkyl carbamates (subject to hydrolysis) is 1. The van der Waals surface area contributed by atoms with Crippen LogP contribution in [0.5, 0.6) is 0 Å². The summed E-state index contributed by atoms with van der Waals surface area (Å²) in [5.41, 5.74) is -6.85. The standard InChI is InChI=1S/C43H49F12N9O7/c1-39(2,3)71-38(70)59-31(40(4,5)42(50,51)52)33(66)57-29(14-21-8-10-22(11-9-21)24-17-56-64(18-24)36(48)49)30(65)20-62(61-34(67)32(58-37(68)69)41(6,7)43(53,54)55)19-25-26(44)15-23(16-27(25)45)28-12-13-63(60-28)35(46)47/h8-13,15-18,29-32,35-36,58,65H,14,19-20H2,1-7H3,(H,57,66)(H,59,70)(H,61,67)(H,68,69). The van der Waals surface area contributed by atoms with Crippen LogP contribution in [0.1, 0.15) is 72.7 Å². The molecule has 4 unspecified atom stereocenters. The van der Waals surface area contributed by atoms with Crippen molar-refractivity contribution in [2.24, 2.45) is 10.8 Å². The molecule has 0 aliphatic rings. The number of hydrogen-bond acceptors (Lipinski definition) is 9. The summed E-state index contributed by atoms with van der Waals surface area (Å²) in [5.74, 6) is -6.40. The Labute approximate surface area is 396 Å². The molecule has 71 heavy (non-hydrogen) atoms. The Balaban J connectivity index is 1.84. The first-order chi connectivity index (χ1) is 32.5. The molecule has 2 aromatic heterocycles. The summed E-state index contributed by atoms with van der Waals surface area (Å²) in [6.45, 7) is -2.51. The van der Waals surface area contributed by atoms with Gasteiger partial charge in [-0.2, -0.15) is 54.1 Å². The van der Waals surface area contributed by atoms with Gasteiger partial charge < -0.3 is 30.9 Å². The van der Waals surface area contributed by atoms with Crippen LogP contribution >= 0.6 is 0 Å². The van der Waals surface area contributed by atoms with E-state index in [1.54, 1.807) is 0 Å². The number of alkyl halides is 10. The van der Waals surface area contributed by atoms with E-state index in [9.17, 15) is 73.3 Å². The number of nitrogens with one attached hydrogen (secondary N) is 4. The van der Waals surface area contributed by atoms with Crippen molar-refractivity contribution >= 4 is 24.0 Å². The molecule has 0 spiro atoms. The van der Waals surface area contributed by atoms with E-state index < -0.39 is 132 Å². The lowest BCUT2D eigenvalue weighted by atomic mass is 9.82. The maximum Gasteiger partial charge on any atom is 0.408 e. The highest BCUT2D eigenvalue weighted by molar-refractivity contribution is 5.87. The van der Waals surface area contributed by atoms with Crippen molar-refractivity contribution in [3.8, 4) is 22.4 Å². The van der Waals surface area contributed by atoms with Crippen LogP contribution in [-0.4, -0.2) is 108 Å². The Bertz CT molecular complexity index is 2480. The third-order valence-corrected chi connectivity index (χ3v) is 11.0. The Kier molecular flexibility index (Phi) is 17.5. The second-order valence-corrected chi connectivity index (χ2v) is 18.2. The van der Waals surface area contributed by atoms with E-state index in [1.165, 1.54) is 50.4 Å². The molecule has 4 atom stereocenters. The maximum absolute atomic E-state index is 15.9. The molecule has 16 nitrogen and oxygen atoms in total. The molecular formula is C43H49F12N9O7. The van der Waals surface area contributed by atoms with Crippen LogP contribution in [0.25, 0.3) is 22.4 Å². The van der Waals surface area contributed by atoms with Crippen LogP contribution in [0.15, 0.2) is 61.1 Å². The van der Waals surface area contributed by atoms with Crippen molar-refractivity contribution in [3.63, 3.8) is 0 Å². The van der Waals surface area contributed by atoms with E-state index in [0.717, 1.165) is 24.7 Å². The van der Waals surface area contributed by atoms with Crippen LogP contribution in [0, 0.1) is 22.5 Å². The average molecular weight is 1030 g/mol. The number of hydrogen-bond donors (Lipinski definition) is 6. The van der Waals surface area contributed by atoms with E-state index in [1.807, 2.05) is 10.7 Å². The quantitative estimate of drug-likeness (QED) is 0.0393. The molecule has 0 aliphatic heterocycles. The fourth-order valence-corrected chi connectivity index (χ4v) is 6.67. The van der Waals surface area contributed by atoms with Crippen LogP contribution in [0.4, 0.5) is 62.3 Å². The lowest BCUT2D eigenvalue weighted by Crippen LogP contribution is -2.63. The lowest BCUT2D eigenvalue weighted by molar-refractivity contribution is -0.221. The molecular weight excluding hydrogens is 983 g/mol. The summed E-state index contributed by atoms with van der Waals surface area (Å²) in [7, 11) is 0. The van der Waals surface area contributed by atoms with Gasteiger partial charge in [-0.1, -0.05) is 24.3 Å². The number of aliphatic hydroxyl groups excluding tert-OH is 1. The number of carbonyl (C=O) groups is 4. The van der Waals surface area contributed by atoms with Gasteiger partial charge in [-0.3, -0.25) is 15.0 Å². The fourth-order valence-electron chi connectivity index (χ4n) is 6.67. The lowest BCUT2D eigenvalue weighted by Gasteiger charge is -2.38. The number of benzene rings is 2. The van der Waals surface area contributed by atoms with E-state index in [0.29, 0.717) is 55.1 Å². The first-order valence-corrected chi connectivity index (χ1v) is 20.9. The van der Waals surface area contributed by atoms with Crippen LogP contribution in [0.3, 0.4) is 0 Å². The molecule has 4 rings (SSSR count). The van der Waals surface area contributed by atoms with Gasteiger partial charge in [0.2, 0.25) is 5.91 Å². The first kappa shape index (κ1) is 57.0. The maximum atomic E-state index is 15.9. The molecule has 2 heterocycles. The van der Waals surface area contributed by atoms with Gasteiger partial charge in [0.05, 0.1) is 34.9 Å². The summed E-state index contributed by atoms with van der Waals surface area (Å²) < 4.78 is 177. The number of ether oxygens (including phenoxy) is 1. The number of carboxylic acid groups (broad SMARTS) is 1. The van der Waals surface area contributed by atoms with Gasteiger partial charge in [-0.05, 0) is 84.2 Å². The Morgan fingerprint density at radius 2 is 1.27 bits per heavy atom. The number of rotatable bonds is 19. The van der Waals surface area contributed by atoms with Crippen molar-refractivity contribution in [2.75, 3.05) is 6.54 Å². The molecule has 0 fully saturated rings. The van der Waals surface area contributed by atoms with Gasteiger partial charge >= 0.3 is 37.6 Å². The Morgan fingerprint density at radius 3 is 1.73 bits per heavy atom. The molecule has 0 bridgehead atoms. The molecule has 0 saturated carbocycles. The van der Waals surface area contributed by atoms with Crippen LogP contribution < -0.4 is 21.4 Å². The monoisotopic (exact) mass is 1030 g/mol. The molecule has 0 radical (unpaired) electrons. The summed E-state index contributed by atoms with van der Waals surface area (Å²) >= 11 is 0. The highest BCUT2D eigenvalue weighted by Gasteiger charge is 2.57. The second-order valence-electron chi connectivity index (χ2n) is 18.2. The van der Waals surface area contributed by atoms with E-state index in [4.69, 9.17) is 4.74 Å². The summed E-state index contributed by atoms with van der Waals surface area (Å²) in [6.07, 6.45) is -14.1. The number of halogens is 12. The minimum atomic E-state index is -5.31. The summed E-state index contributed by atoms with van der Waals surface area (Å²) in [4.78, 5) is 52.4. The smallest absolute Gasteiger partial charge is 0.408 e. The SMILES string of the molecule is CC(C)(C)OC(=O)NC(C(=O)NC(Cc1ccc(-c2cnn(C(F)F)c2)cc1)C(O)CN(Cc1c(F)cc(-c2ccn(C(F)F)n2)cc1F)NC(=O)C(NC(=O)O)C(C)(C)C(F)(F)F)C(C)(C)C(F)(F)F. The van der Waals surface area contributed by atoms with Crippen molar-refractivity contribution in [2.45, 2.75) is 117 Å². The van der Waals surface area contributed by atoms with E-state index in [-0.39, 0.29) is 21.5 Å². The minimum absolute atomic E-state index is 0.140. The Morgan fingerprint density at radius 1 is 0.732 bits per heavy atom. The molecule has 2 aromatic carbocycles.